The Labute approximate surface area is 170 Å². The van der Waals surface area contributed by atoms with Gasteiger partial charge in [0.15, 0.2) is 0 Å². The van der Waals surface area contributed by atoms with Crippen LogP contribution in [0.1, 0.15) is 41.3 Å². The van der Waals surface area contributed by atoms with Crippen molar-refractivity contribution in [3.63, 3.8) is 0 Å². The Morgan fingerprint density at radius 3 is 2.59 bits per heavy atom. The molecule has 0 saturated carbocycles. The van der Waals surface area contributed by atoms with Gasteiger partial charge in [-0.05, 0) is 45.0 Å². The summed E-state index contributed by atoms with van der Waals surface area (Å²) >= 11 is 0. The normalized spacial score (nSPS) is 12.9. The smallest absolute Gasteiger partial charge is 0.338 e. The van der Waals surface area contributed by atoms with Gasteiger partial charge in [0, 0.05) is 37.8 Å². The van der Waals surface area contributed by atoms with E-state index < -0.39 is 0 Å². The summed E-state index contributed by atoms with van der Waals surface area (Å²) in [5, 5.41) is 2.90. The molecule has 1 N–H and O–H groups in total. The Hall–Kier alpha value is -3.16. The standard InChI is InChI=1S/C21H27N5O3/c1-5-25(4)19-17-13-26(12-11-18(17)22-14(3)23-19)21(28)24-16-9-7-15(8-10-16)20(27)29-6-2/h7-10H,5-6,11-13H2,1-4H3,(H,24,28). The number of benzene rings is 1. The highest BCUT2D eigenvalue weighted by Gasteiger charge is 2.26. The predicted octanol–water partition coefficient (Wildman–Crippen LogP) is 3.01. The number of carbonyl (C=O) groups is 2. The van der Waals surface area contributed by atoms with E-state index in [1.165, 1.54) is 0 Å². The molecule has 0 fully saturated rings. The maximum Gasteiger partial charge on any atom is 0.338 e. The zero-order valence-electron chi connectivity index (χ0n) is 17.4. The first-order valence-corrected chi connectivity index (χ1v) is 9.83. The number of urea groups is 1. The molecule has 2 aromatic rings. The van der Waals surface area contributed by atoms with Crippen LogP contribution in [0.5, 0.6) is 0 Å². The third-order valence-electron chi connectivity index (χ3n) is 4.92. The van der Waals surface area contributed by atoms with Crippen molar-refractivity contribution < 1.29 is 14.3 Å². The molecule has 0 spiro atoms. The van der Waals surface area contributed by atoms with E-state index in [0.717, 1.165) is 29.4 Å². The highest BCUT2D eigenvalue weighted by Crippen LogP contribution is 2.26. The largest absolute Gasteiger partial charge is 0.462 e. The number of fused-ring (bicyclic) bond motifs is 1. The second-order valence-electron chi connectivity index (χ2n) is 6.93. The van der Waals surface area contributed by atoms with Gasteiger partial charge >= 0.3 is 12.0 Å². The summed E-state index contributed by atoms with van der Waals surface area (Å²) in [7, 11) is 1.99. The van der Waals surface area contributed by atoms with Gasteiger partial charge in [-0.2, -0.15) is 0 Å². The second-order valence-corrected chi connectivity index (χ2v) is 6.93. The number of aromatic nitrogens is 2. The zero-order chi connectivity index (χ0) is 21.0. The molecule has 8 nitrogen and oxygen atoms in total. The van der Waals surface area contributed by atoms with Gasteiger partial charge in [-0.1, -0.05) is 0 Å². The fourth-order valence-electron chi connectivity index (χ4n) is 3.26. The summed E-state index contributed by atoms with van der Waals surface area (Å²) < 4.78 is 4.98. The van der Waals surface area contributed by atoms with E-state index in [9.17, 15) is 9.59 Å². The number of nitrogens with zero attached hydrogens (tertiary/aromatic N) is 4. The number of hydrogen-bond donors (Lipinski definition) is 1. The van der Waals surface area contributed by atoms with E-state index in [1.807, 2.05) is 14.0 Å². The lowest BCUT2D eigenvalue weighted by atomic mass is 10.1. The molecule has 0 saturated heterocycles. The minimum atomic E-state index is -0.374. The molecule has 1 aromatic carbocycles. The number of anilines is 2. The van der Waals surface area contributed by atoms with Crippen LogP contribution in [0, 0.1) is 6.92 Å². The molecule has 8 heteroatoms. The van der Waals surface area contributed by atoms with E-state index in [-0.39, 0.29) is 12.0 Å². The summed E-state index contributed by atoms with van der Waals surface area (Å²) in [4.78, 5) is 37.5. The topological polar surface area (TPSA) is 87.7 Å². The molecule has 0 radical (unpaired) electrons. The van der Waals surface area contributed by atoms with Crippen LogP contribution in [0.3, 0.4) is 0 Å². The lowest BCUT2D eigenvalue weighted by Gasteiger charge is -2.31. The van der Waals surface area contributed by atoms with Crippen LogP contribution in [0.15, 0.2) is 24.3 Å². The Bertz CT molecular complexity index is 898. The molecule has 1 aromatic heterocycles. The minimum absolute atomic E-state index is 0.190. The third kappa shape index (κ3) is 4.64. The molecule has 0 aliphatic carbocycles. The first-order chi connectivity index (χ1) is 13.9. The lowest BCUT2D eigenvalue weighted by molar-refractivity contribution is 0.0526. The highest BCUT2D eigenvalue weighted by atomic mass is 16.5. The molecule has 3 rings (SSSR count). The van der Waals surface area contributed by atoms with Crippen molar-refractivity contribution >= 4 is 23.5 Å². The number of hydrogen-bond acceptors (Lipinski definition) is 6. The molecule has 0 bridgehead atoms. The van der Waals surface area contributed by atoms with Crippen molar-refractivity contribution in [3.05, 3.63) is 46.9 Å². The van der Waals surface area contributed by atoms with Gasteiger partial charge in [-0.25, -0.2) is 19.6 Å². The summed E-state index contributed by atoms with van der Waals surface area (Å²) in [5.41, 5.74) is 3.09. The van der Waals surface area contributed by atoms with Crippen molar-refractivity contribution in [1.82, 2.24) is 14.9 Å². The SMILES string of the molecule is CCOC(=O)c1ccc(NC(=O)N2CCc3nc(C)nc(N(C)CC)c3C2)cc1. The van der Waals surface area contributed by atoms with Crippen molar-refractivity contribution in [3.8, 4) is 0 Å². The molecule has 2 amide bonds. The van der Waals surface area contributed by atoms with Gasteiger partial charge in [-0.15, -0.1) is 0 Å². The number of aryl methyl sites for hydroxylation is 1. The van der Waals surface area contributed by atoms with Gasteiger partial charge in [0.05, 0.1) is 24.4 Å². The van der Waals surface area contributed by atoms with Crippen LogP contribution in [0.4, 0.5) is 16.3 Å². The van der Waals surface area contributed by atoms with Crippen molar-refractivity contribution in [2.45, 2.75) is 33.7 Å². The number of amides is 2. The van der Waals surface area contributed by atoms with Crippen molar-refractivity contribution in [2.75, 3.05) is 37.0 Å². The van der Waals surface area contributed by atoms with Crippen LogP contribution < -0.4 is 10.2 Å². The van der Waals surface area contributed by atoms with Gasteiger partial charge in [0.1, 0.15) is 11.6 Å². The molecule has 154 valence electrons. The maximum absolute atomic E-state index is 12.8. The van der Waals surface area contributed by atoms with E-state index >= 15 is 0 Å². The zero-order valence-corrected chi connectivity index (χ0v) is 17.4. The van der Waals surface area contributed by atoms with E-state index in [1.54, 1.807) is 36.1 Å². The Morgan fingerprint density at radius 1 is 1.21 bits per heavy atom. The maximum atomic E-state index is 12.8. The summed E-state index contributed by atoms with van der Waals surface area (Å²) in [6, 6.07) is 6.49. The Kier molecular flexibility index (Phi) is 6.31. The fraction of sp³-hybridized carbons (Fsp3) is 0.429. The van der Waals surface area contributed by atoms with Gasteiger partial charge in [0.2, 0.25) is 0 Å². The fourth-order valence-corrected chi connectivity index (χ4v) is 3.26. The molecule has 0 unspecified atom stereocenters. The molecular formula is C21H27N5O3. The molecule has 1 aliphatic heterocycles. The average molecular weight is 397 g/mol. The number of rotatable bonds is 5. The monoisotopic (exact) mass is 397 g/mol. The number of nitrogens with one attached hydrogen (secondary N) is 1. The van der Waals surface area contributed by atoms with E-state index in [2.05, 4.69) is 27.1 Å². The number of esters is 1. The summed E-state index contributed by atoms with van der Waals surface area (Å²) in [6.07, 6.45) is 0.693. The van der Waals surface area contributed by atoms with Crippen LogP contribution in [0.2, 0.25) is 0 Å². The Morgan fingerprint density at radius 2 is 1.93 bits per heavy atom. The lowest BCUT2D eigenvalue weighted by Crippen LogP contribution is -2.40. The molecular weight excluding hydrogens is 370 g/mol. The second kappa shape index (κ2) is 8.89. The predicted molar refractivity (Wildman–Crippen MR) is 111 cm³/mol. The van der Waals surface area contributed by atoms with Gasteiger partial charge < -0.3 is 19.9 Å². The van der Waals surface area contributed by atoms with Crippen molar-refractivity contribution in [1.29, 1.82) is 0 Å². The number of carbonyl (C=O) groups excluding carboxylic acids is 2. The summed E-state index contributed by atoms with van der Waals surface area (Å²) in [5.74, 6) is 1.26. The molecule has 1 aliphatic rings. The van der Waals surface area contributed by atoms with Crippen LogP contribution in [-0.4, -0.2) is 53.6 Å². The Balaban J connectivity index is 1.72. The van der Waals surface area contributed by atoms with Crippen LogP contribution >= 0.6 is 0 Å². The summed E-state index contributed by atoms with van der Waals surface area (Å²) in [6.45, 7) is 7.92. The first kappa shape index (κ1) is 20.6. The highest BCUT2D eigenvalue weighted by molar-refractivity contribution is 5.92. The van der Waals surface area contributed by atoms with Crippen LogP contribution in [-0.2, 0) is 17.7 Å². The molecule has 29 heavy (non-hydrogen) atoms. The van der Waals surface area contributed by atoms with E-state index in [0.29, 0.717) is 37.4 Å². The average Bonchev–Trinajstić information content (AvgIpc) is 2.72. The molecule has 0 atom stereocenters. The third-order valence-corrected chi connectivity index (χ3v) is 4.92. The quantitative estimate of drug-likeness (QED) is 0.781. The van der Waals surface area contributed by atoms with Crippen LogP contribution in [0.25, 0.3) is 0 Å². The van der Waals surface area contributed by atoms with Crippen molar-refractivity contribution in [2.24, 2.45) is 0 Å². The van der Waals surface area contributed by atoms with Gasteiger partial charge in [-0.3, -0.25) is 0 Å². The van der Waals surface area contributed by atoms with Gasteiger partial charge in [0.25, 0.3) is 0 Å². The molecule has 2 heterocycles. The minimum Gasteiger partial charge on any atom is -0.462 e. The number of ether oxygens (including phenoxy) is 1. The van der Waals surface area contributed by atoms with E-state index in [4.69, 9.17) is 4.74 Å². The first-order valence-electron chi connectivity index (χ1n) is 9.83.